The highest BCUT2D eigenvalue weighted by Gasteiger charge is 2.16. The average molecular weight is 487 g/mol. The molecule has 6 heteroatoms. The molecule has 0 unspecified atom stereocenters. The van der Waals surface area contributed by atoms with Crippen molar-refractivity contribution in [2.75, 3.05) is 0 Å². The van der Waals surface area contributed by atoms with Crippen molar-refractivity contribution < 1.29 is 0 Å². The van der Waals surface area contributed by atoms with Crippen molar-refractivity contribution in [1.82, 2.24) is 30.1 Å². The lowest BCUT2D eigenvalue weighted by molar-refractivity contribution is 1.04. The summed E-state index contributed by atoms with van der Waals surface area (Å²) in [7, 11) is 0. The largest absolute Gasteiger partial charge is 0.256 e. The second kappa shape index (κ2) is 8.08. The molecule has 176 valence electrons. The summed E-state index contributed by atoms with van der Waals surface area (Å²) in [6.07, 6.45) is 3.69. The van der Waals surface area contributed by atoms with Gasteiger partial charge in [-0.2, -0.15) is 0 Å². The Labute approximate surface area is 216 Å². The van der Waals surface area contributed by atoms with Gasteiger partial charge < -0.3 is 0 Å². The molecule has 0 fully saturated rings. The molecule has 0 bridgehead atoms. The molecule has 3 heterocycles. The third-order valence-electron chi connectivity index (χ3n) is 7.04. The number of rotatable bonds is 2. The zero-order valence-corrected chi connectivity index (χ0v) is 20.1. The lowest BCUT2D eigenvalue weighted by Crippen LogP contribution is -1.98. The first-order valence-corrected chi connectivity index (χ1v) is 12.4. The first kappa shape index (κ1) is 20.8. The van der Waals surface area contributed by atoms with Gasteiger partial charge in [0.25, 0.3) is 0 Å². The summed E-state index contributed by atoms with van der Waals surface area (Å²) in [5.74, 6) is 1.21. The van der Waals surface area contributed by atoms with Crippen LogP contribution in [0.25, 0.3) is 77.2 Å². The second-order valence-electron chi connectivity index (χ2n) is 9.28. The van der Waals surface area contributed by atoms with E-state index in [0.29, 0.717) is 11.6 Å². The Bertz CT molecular complexity index is 2170. The minimum absolute atomic E-state index is 0.547. The van der Waals surface area contributed by atoms with E-state index in [0.717, 1.165) is 65.5 Å². The minimum Gasteiger partial charge on any atom is -0.256 e. The molecule has 0 spiro atoms. The first-order chi connectivity index (χ1) is 18.8. The zero-order chi connectivity index (χ0) is 25.1. The summed E-state index contributed by atoms with van der Waals surface area (Å²) < 4.78 is 0. The number of nitrogens with zero attached hydrogens (tertiary/aromatic N) is 6. The van der Waals surface area contributed by atoms with Crippen molar-refractivity contribution in [3.05, 3.63) is 109 Å². The highest BCUT2D eigenvalue weighted by atomic mass is 15.2. The van der Waals surface area contributed by atoms with Gasteiger partial charge in [-0.05, 0) is 41.1 Å². The Balaban J connectivity index is 1.40. The summed E-state index contributed by atoms with van der Waals surface area (Å²) >= 11 is 0. The molecule has 8 aromatic rings. The quantitative estimate of drug-likeness (QED) is 0.241. The maximum Gasteiger partial charge on any atom is 0.182 e. The van der Waals surface area contributed by atoms with Gasteiger partial charge in [0.2, 0.25) is 0 Å². The van der Waals surface area contributed by atoms with Crippen molar-refractivity contribution >= 4 is 54.4 Å². The standard InChI is InChI=1S/C32H18N6/c1-3-10-22-19(8-1)16-21(17-26(22)32-34-18-20-9-2-6-14-27(20)35-32)31-36-29-25-13-7-15-33-28(25)23-11-4-5-12-24(23)30(29)37-38-31/h1-18H. The number of hydrogen-bond donors (Lipinski definition) is 0. The number of fused-ring (bicyclic) bond motifs is 8. The fraction of sp³-hybridized carbons (Fsp3) is 0. The van der Waals surface area contributed by atoms with E-state index >= 15 is 0 Å². The molecule has 8 rings (SSSR count). The van der Waals surface area contributed by atoms with Crippen LogP contribution < -0.4 is 0 Å². The summed E-state index contributed by atoms with van der Waals surface area (Å²) in [4.78, 5) is 19.3. The molecular formula is C32H18N6. The van der Waals surface area contributed by atoms with Crippen LogP contribution in [0.15, 0.2) is 109 Å². The Kier molecular flexibility index (Phi) is 4.42. The minimum atomic E-state index is 0.547. The van der Waals surface area contributed by atoms with Crippen LogP contribution in [0.4, 0.5) is 0 Å². The van der Waals surface area contributed by atoms with E-state index in [2.05, 4.69) is 45.5 Å². The fourth-order valence-electron chi connectivity index (χ4n) is 5.25. The maximum absolute atomic E-state index is 5.06. The van der Waals surface area contributed by atoms with Gasteiger partial charge in [0.1, 0.15) is 11.0 Å². The third kappa shape index (κ3) is 3.14. The van der Waals surface area contributed by atoms with Crippen LogP contribution in [0.1, 0.15) is 0 Å². The molecule has 0 aliphatic rings. The Morgan fingerprint density at radius 1 is 0.474 bits per heavy atom. The number of para-hydroxylation sites is 1. The van der Waals surface area contributed by atoms with Gasteiger partial charge in [-0.3, -0.25) is 4.98 Å². The van der Waals surface area contributed by atoms with E-state index in [1.54, 1.807) is 0 Å². The number of aromatic nitrogens is 6. The van der Waals surface area contributed by atoms with E-state index < -0.39 is 0 Å². The zero-order valence-electron chi connectivity index (χ0n) is 20.1. The second-order valence-corrected chi connectivity index (χ2v) is 9.28. The molecule has 0 aliphatic heterocycles. The number of hydrogen-bond acceptors (Lipinski definition) is 6. The highest BCUT2D eigenvalue weighted by Crippen LogP contribution is 2.35. The van der Waals surface area contributed by atoms with E-state index in [-0.39, 0.29) is 0 Å². The Hall–Kier alpha value is -5.36. The number of benzene rings is 5. The first-order valence-electron chi connectivity index (χ1n) is 12.4. The molecule has 0 N–H and O–H groups in total. The summed E-state index contributed by atoms with van der Waals surface area (Å²) in [5.41, 5.74) is 5.15. The third-order valence-corrected chi connectivity index (χ3v) is 7.04. The van der Waals surface area contributed by atoms with E-state index in [9.17, 15) is 0 Å². The molecular weight excluding hydrogens is 468 g/mol. The smallest absolute Gasteiger partial charge is 0.182 e. The van der Waals surface area contributed by atoms with E-state index in [1.807, 2.05) is 79.1 Å². The van der Waals surface area contributed by atoms with Crippen molar-refractivity contribution in [2.45, 2.75) is 0 Å². The molecule has 0 aliphatic carbocycles. The van der Waals surface area contributed by atoms with Crippen LogP contribution in [0.3, 0.4) is 0 Å². The van der Waals surface area contributed by atoms with Crippen LogP contribution >= 0.6 is 0 Å². The van der Waals surface area contributed by atoms with Crippen LogP contribution in [-0.2, 0) is 0 Å². The SMILES string of the molecule is c1ccc2nc(-c3cc(-c4nnc5c6ccccc6c6ncccc6c5n4)cc4ccccc34)ncc2c1. The van der Waals surface area contributed by atoms with Gasteiger partial charge in [-0.25, -0.2) is 15.0 Å². The van der Waals surface area contributed by atoms with Gasteiger partial charge in [0.05, 0.1) is 11.0 Å². The Morgan fingerprint density at radius 3 is 2.11 bits per heavy atom. The van der Waals surface area contributed by atoms with Crippen molar-refractivity contribution in [3.8, 4) is 22.8 Å². The molecule has 0 saturated heterocycles. The summed E-state index contributed by atoms with van der Waals surface area (Å²) in [6.45, 7) is 0. The van der Waals surface area contributed by atoms with Crippen LogP contribution in [0.2, 0.25) is 0 Å². The Morgan fingerprint density at radius 2 is 1.21 bits per heavy atom. The van der Waals surface area contributed by atoms with E-state index in [1.165, 1.54) is 0 Å². The molecule has 3 aromatic heterocycles. The van der Waals surface area contributed by atoms with Gasteiger partial charge in [0, 0.05) is 45.1 Å². The van der Waals surface area contributed by atoms with Gasteiger partial charge >= 0.3 is 0 Å². The van der Waals surface area contributed by atoms with Crippen LogP contribution in [-0.4, -0.2) is 30.1 Å². The summed E-state index contributed by atoms with van der Waals surface area (Å²) in [5, 5.41) is 15.4. The molecule has 5 aromatic carbocycles. The predicted octanol–water partition coefficient (Wildman–Crippen LogP) is 7.16. The van der Waals surface area contributed by atoms with Gasteiger partial charge in [-0.1, -0.05) is 66.7 Å². The molecule has 0 saturated carbocycles. The maximum atomic E-state index is 5.06. The van der Waals surface area contributed by atoms with E-state index in [4.69, 9.17) is 15.0 Å². The predicted molar refractivity (Wildman–Crippen MR) is 152 cm³/mol. The van der Waals surface area contributed by atoms with Crippen molar-refractivity contribution in [2.24, 2.45) is 0 Å². The van der Waals surface area contributed by atoms with Crippen molar-refractivity contribution in [3.63, 3.8) is 0 Å². The lowest BCUT2D eigenvalue weighted by Gasteiger charge is -2.11. The number of pyridine rings is 1. The monoisotopic (exact) mass is 486 g/mol. The summed E-state index contributed by atoms with van der Waals surface area (Å²) in [6, 6.07) is 32.5. The van der Waals surface area contributed by atoms with Gasteiger partial charge in [-0.15, -0.1) is 10.2 Å². The highest BCUT2D eigenvalue weighted by molar-refractivity contribution is 6.21. The lowest BCUT2D eigenvalue weighted by atomic mass is 9.99. The van der Waals surface area contributed by atoms with Gasteiger partial charge in [0.15, 0.2) is 11.6 Å². The molecule has 0 amide bonds. The molecule has 38 heavy (non-hydrogen) atoms. The topological polar surface area (TPSA) is 77.3 Å². The van der Waals surface area contributed by atoms with Crippen LogP contribution in [0, 0.1) is 0 Å². The fourth-order valence-corrected chi connectivity index (χ4v) is 5.25. The van der Waals surface area contributed by atoms with Crippen LogP contribution in [0.5, 0.6) is 0 Å². The van der Waals surface area contributed by atoms with Crippen molar-refractivity contribution in [1.29, 1.82) is 0 Å². The normalized spacial score (nSPS) is 11.7. The molecule has 0 radical (unpaired) electrons. The molecule has 0 atom stereocenters. The average Bonchev–Trinajstić information content (AvgIpc) is 3.00. The molecule has 6 nitrogen and oxygen atoms in total.